The maximum atomic E-state index is 12.6. The van der Waals surface area contributed by atoms with Gasteiger partial charge < -0.3 is 19.9 Å². The van der Waals surface area contributed by atoms with Gasteiger partial charge in [0.15, 0.2) is 0 Å². The first-order valence-electron chi connectivity index (χ1n) is 11.9. The number of fused-ring (bicyclic) bond motifs is 4. The van der Waals surface area contributed by atoms with Gasteiger partial charge in [-0.25, -0.2) is 9.59 Å². The number of nitrogens with one attached hydrogen (secondary N) is 1. The monoisotopic (exact) mass is 481 g/mol. The fourth-order valence-corrected chi connectivity index (χ4v) is 4.91. The molecule has 0 aliphatic heterocycles. The van der Waals surface area contributed by atoms with Gasteiger partial charge in [0.2, 0.25) is 0 Å². The zero-order valence-electron chi connectivity index (χ0n) is 19.9. The Morgan fingerprint density at radius 3 is 2.19 bits per heavy atom. The molecule has 5 rings (SSSR count). The Morgan fingerprint density at radius 2 is 1.53 bits per heavy atom. The maximum Gasteiger partial charge on any atom is 0.407 e. The number of aliphatic carboxylic acids is 1. The number of hydrogen-bond donors (Lipinski definition) is 2. The van der Waals surface area contributed by atoms with E-state index in [2.05, 4.69) is 17.4 Å². The van der Waals surface area contributed by atoms with Crippen molar-refractivity contribution >= 4 is 22.8 Å². The first kappa shape index (κ1) is 23.4. The van der Waals surface area contributed by atoms with Gasteiger partial charge in [-0.15, -0.1) is 0 Å². The number of alkyl carbamates (subject to hydrolysis) is 1. The molecule has 1 atom stereocenters. The molecular formula is C30H27NO5. The first-order valence-corrected chi connectivity index (χ1v) is 11.9. The van der Waals surface area contributed by atoms with E-state index in [1.165, 1.54) is 0 Å². The van der Waals surface area contributed by atoms with Crippen LogP contribution in [0.25, 0.3) is 21.9 Å². The van der Waals surface area contributed by atoms with Crippen LogP contribution < -0.4 is 10.1 Å². The zero-order valence-corrected chi connectivity index (χ0v) is 19.9. The second-order valence-corrected chi connectivity index (χ2v) is 8.95. The minimum absolute atomic E-state index is 0.0809. The number of hydrogen-bond acceptors (Lipinski definition) is 4. The van der Waals surface area contributed by atoms with E-state index in [9.17, 15) is 14.7 Å². The lowest BCUT2D eigenvalue weighted by Gasteiger charge is -2.17. The SMILES string of the molecule is COc1ccc2cc(CC[C@H](NC(=O)OCC3c4ccccc4-c4ccccc43)C(=O)O)ccc2c1. The first-order chi connectivity index (χ1) is 17.5. The van der Waals surface area contributed by atoms with E-state index < -0.39 is 18.1 Å². The minimum atomic E-state index is -1.09. The van der Waals surface area contributed by atoms with Gasteiger partial charge >= 0.3 is 12.1 Å². The summed E-state index contributed by atoms with van der Waals surface area (Å²) >= 11 is 0. The van der Waals surface area contributed by atoms with Gasteiger partial charge in [0.05, 0.1) is 7.11 Å². The Labute approximate surface area is 209 Å². The highest BCUT2D eigenvalue weighted by Crippen LogP contribution is 2.44. The summed E-state index contributed by atoms with van der Waals surface area (Å²) in [5.74, 6) is -0.384. The molecule has 0 saturated carbocycles. The fraction of sp³-hybridized carbons (Fsp3) is 0.200. The van der Waals surface area contributed by atoms with Crippen molar-refractivity contribution in [1.29, 1.82) is 0 Å². The number of methoxy groups -OCH3 is 1. The molecule has 1 amide bonds. The molecule has 6 nitrogen and oxygen atoms in total. The fourth-order valence-electron chi connectivity index (χ4n) is 4.91. The maximum absolute atomic E-state index is 12.6. The molecule has 1 aliphatic rings. The molecule has 182 valence electrons. The van der Waals surface area contributed by atoms with Gasteiger partial charge in [-0.05, 0) is 63.6 Å². The van der Waals surface area contributed by atoms with E-state index >= 15 is 0 Å². The quantitative estimate of drug-likeness (QED) is 0.334. The minimum Gasteiger partial charge on any atom is -0.497 e. The number of carbonyl (C=O) groups is 2. The molecule has 0 aromatic heterocycles. The van der Waals surface area contributed by atoms with Crippen molar-refractivity contribution in [2.24, 2.45) is 0 Å². The molecule has 36 heavy (non-hydrogen) atoms. The summed E-state index contributed by atoms with van der Waals surface area (Å²) in [5, 5.41) is 14.3. The highest BCUT2D eigenvalue weighted by molar-refractivity contribution is 5.85. The van der Waals surface area contributed by atoms with E-state index in [4.69, 9.17) is 9.47 Å². The number of ether oxygens (including phenoxy) is 2. The summed E-state index contributed by atoms with van der Waals surface area (Å²) in [4.78, 5) is 24.4. The molecule has 0 fully saturated rings. The Hall–Kier alpha value is -4.32. The highest BCUT2D eigenvalue weighted by atomic mass is 16.5. The van der Waals surface area contributed by atoms with Crippen molar-refractivity contribution in [2.45, 2.75) is 24.8 Å². The van der Waals surface area contributed by atoms with Crippen molar-refractivity contribution in [1.82, 2.24) is 5.32 Å². The van der Waals surface area contributed by atoms with Crippen LogP contribution in [0.2, 0.25) is 0 Å². The number of rotatable bonds is 8. The zero-order chi connectivity index (χ0) is 25.1. The molecule has 2 N–H and O–H groups in total. The number of benzene rings is 4. The largest absolute Gasteiger partial charge is 0.497 e. The number of carbonyl (C=O) groups excluding carboxylic acids is 1. The van der Waals surface area contributed by atoms with Crippen LogP contribution in [0.5, 0.6) is 5.75 Å². The predicted octanol–water partition coefficient (Wildman–Crippen LogP) is 5.77. The Morgan fingerprint density at radius 1 is 0.889 bits per heavy atom. The molecule has 0 saturated heterocycles. The van der Waals surface area contributed by atoms with E-state index in [-0.39, 0.29) is 18.9 Å². The standard InChI is InChI=1S/C30H27NO5/c1-35-22-14-13-20-16-19(10-12-21(20)17-22)11-15-28(29(32)33)31-30(34)36-18-27-25-8-4-2-6-23(25)24-7-3-5-9-26(24)27/h2-10,12-14,16-17,27-28H,11,15,18H2,1H3,(H,31,34)(H,32,33)/t28-/m0/s1. The van der Waals surface area contributed by atoms with Crippen LogP contribution in [-0.4, -0.2) is 36.9 Å². The number of carboxylic acid groups (broad SMARTS) is 1. The molecular weight excluding hydrogens is 454 g/mol. The molecule has 0 bridgehead atoms. The molecule has 6 heteroatoms. The number of amides is 1. The lowest BCUT2D eigenvalue weighted by Crippen LogP contribution is -2.41. The highest BCUT2D eigenvalue weighted by Gasteiger charge is 2.29. The predicted molar refractivity (Wildman–Crippen MR) is 138 cm³/mol. The van der Waals surface area contributed by atoms with Crippen molar-refractivity contribution in [3.8, 4) is 16.9 Å². The summed E-state index contributed by atoms with van der Waals surface area (Å²) in [5.41, 5.74) is 5.48. The van der Waals surface area contributed by atoms with Gasteiger partial charge in [-0.2, -0.15) is 0 Å². The molecule has 0 heterocycles. The molecule has 1 aliphatic carbocycles. The van der Waals surface area contributed by atoms with Crippen LogP contribution in [0.1, 0.15) is 29.0 Å². The summed E-state index contributed by atoms with van der Waals surface area (Å²) in [6, 6.07) is 26.9. The van der Waals surface area contributed by atoms with Crippen LogP contribution >= 0.6 is 0 Å². The van der Waals surface area contributed by atoms with Gasteiger partial charge in [-0.1, -0.05) is 72.8 Å². The van der Waals surface area contributed by atoms with E-state index in [1.54, 1.807) is 7.11 Å². The summed E-state index contributed by atoms with van der Waals surface area (Å²) < 4.78 is 10.8. The average molecular weight is 482 g/mol. The normalized spacial score (nSPS) is 13.0. The van der Waals surface area contributed by atoms with Gasteiger partial charge in [0.25, 0.3) is 0 Å². The van der Waals surface area contributed by atoms with E-state index in [1.807, 2.05) is 72.8 Å². The topological polar surface area (TPSA) is 84.9 Å². The molecule has 0 radical (unpaired) electrons. The Kier molecular flexibility index (Phi) is 6.58. The Bertz CT molecular complexity index is 1380. The van der Waals surface area contributed by atoms with Gasteiger partial charge in [0.1, 0.15) is 18.4 Å². The molecule has 4 aromatic rings. The van der Waals surface area contributed by atoms with Crippen molar-refractivity contribution in [2.75, 3.05) is 13.7 Å². The molecule has 0 unspecified atom stereocenters. The van der Waals surface area contributed by atoms with Crippen molar-refractivity contribution in [3.63, 3.8) is 0 Å². The third-order valence-corrected chi connectivity index (χ3v) is 6.77. The third kappa shape index (κ3) is 4.75. The smallest absolute Gasteiger partial charge is 0.407 e. The van der Waals surface area contributed by atoms with Crippen LogP contribution in [0.4, 0.5) is 4.79 Å². The lowest BCUT2D eigenvalue weighted by atomic mass is 9.98. The summed E-state index contributed by atoms with van der Waals surface area (Å²) in [6.45, 7) is 0.139. The molecule has 0 spiro atoms. The average Bonchev–Trinajstić information content (AvgIpc) is 3.23. The summed E-state index contributed by atoms with van der Waals surface area (Å²) in [6.07, 6.45) is 0.0268. The Balaban J connectivity index is 1.21. The van der Waals surface area contributed by atoms with Crippen LogP contribution in [0, 0.1) is 0 Å². The lowest BCUT2D eigenvalue weighted by molar-refractivity contribution is -0.139. The van der Waals surface area contributed by atoms with Crippen molar-refractivity contribution < 1.29 is 24.2 Å². The second kappa shape index (κ2) is 10.1. The van der Waals surface area contributed by atoms with E-state index in [0.29, 0.717) is 6.42 Å². The van der Waals surface area contributed by atoms with E-state index in [0.717, 1.165) is 44.3 Å². The van der Waals surface area contributed by atoms with Crippen LogP contribution in [0.3, 0.4) is 0 Å². The van der Waals surface area contributed by atoms with Gasteiger partial charge in [-0.3, -0.25) is 0 Å². The van der Waals surface area contributed by atoms with Gasteiger partial charge in [0, 0.05) is 5.92 Å². The molecule has 4 aromatic carbocycles. The number of carboxylic acids is 1. The summed E-state index contributed by atoms with van der Waals surface area (Å²) in [7, 11) is 1.63. The second-order valence-electron chi connectivity index (χ2n) is 8.95. The van der Waals surface area contributed by atoms with Crippen LogP contribution in [0.15, 0.2) is 84.9 Å². The third-order valence-electron chi connectivity index (χ3n) is 6.77. The van der Waals surface area contributed by atoms with Crippen molar-refractivity contribution in [3.05, 3.63) is 102 Å². The van der Waals surface area contributed by atoms with Crippen LogP contribution in [-0.2, 0) is 16.0 Å². The number of aryl methyl sites for hydroxylation is 1.